The van der Waals surface area contributed by atoms with E-state index in [1.54, 1.807) is 0 Å². The Morgan fingerprint density at radius 2 is 2.11 bits per heavy atom. The monoisotopic (exact) mass is 256 g/mol. The van der Waals surface area contributed by atoms with Gasteiger partial charge in [-0.1, -0.05) is 25.1 Å². The van der Waals surface area contributed by atoms with Crippen LogP contribution >= 0.6 is 0 Å². The van der Waals surface area contributed by atoms with Crippen molar-refractivity contribution >= 4 is 5.69 Å². The second-order valence-electron chi connectivity index (χ2n) is 5.48. The van der Waals surface area contributed by atoms with E-state index in [0.29, 0.717) is 0 Å². The molecule has 0 bridgehead atoms. The van der Waals surface area contributed by atoms with Crippen molar-refractivity contribution in [3.63, 3.8) is 0 Å². The van der Waals surface area contributed by atoms with E-state index in [1.807, 2.05) is 18.2 Å². The van der Waals surface area contributed by atoms with Crippen LogP contribution in [0.2, 0.25) is 0 Å². The highest BCUT2D eigenvalue weighted by atomic mass is 15.3. The lowest BCUT2D eigenvalue weighted by molar-refractivity contribution is 0.402. The summed E-state index contributed by atoms with van der Waals surface area (Å²) in [5.41, 5.74) is 8.04. The lowest BCUT2D eigenvalue weighted by atomic mass is 10.00. The van der Waals surface area contributed by atoms with E-state index in [1.165, 1.54) is 12.0 Å². The predicted octanol–water partition coefficient (Wildman–Crippen LogP) is 2.23. The highest BCUT2D eigenvalue weighted by Crippen LogP contribution is 2.21. The maximum atomic E-state index is 5.97. The van der Waals surface area contributed by atoms with Crippen molar-refractivity contribution in [3.05, 3.63) is 41.5 Å². The molecule has 4 heteroatoms. The Morgan fingerprint density at radius 3 is 2.95 bits per heavy atom. The molecule has 1 aromatic carbocycles. The van der Waals surface area contributed by atoms with Crippen LogP contribution in [0.4, 0.5) is 5.69 Å². The van der Waals surface area contributed by atoms with Gasteiger partial charge in [-0.25, -0.2) is 0 Å². The van der Waals surface area contributed by atoms with Crippen molar-refractivity contribution in [1.82, 2.24) is 14.8 Å². The van der Waals surface area contributed by atoms with E-state index in [0.717, 1.165) is 49.1 Å². The molecule has 0 saturated heterocycles. The molecular weight excluding hydrogens is 236 g/mol. The van der Waals surface area contributed by atoms with Gasteiger partial charge < -0.3 is 10.3 Å². The van der Waals surface area contributed by atoms with Gasteiger partial charge >= 0.3 is 0 Å². The largest absolute Gasteiger partial charge is 0.399 e. The lowest BCUT2D eigenvalue weighted by Gasteiger charge is -2.20. The number of para-hydroxylation sites is 1. The average molecular weight is 256 g/mol. The molecule has 0 saturated carbocycles. The van der Waals surface area contributed by atoms with E-state index < -0.39 is 0 Å². The zero-order chi connectivity index (χ0) is 13.2. The Labute approximate surface area is 113 Å². The first kappa shape index (κ1) is 12.2. The minimum atomic E-state index is 0.731. The Balaban J connectivity index is 1.73. The molecule has 1 unspecified atom stereocenters. The molecule has 0 radical (unpaired) electrons. The topological polar surface area (TPSA) is 56.7 Å². The highest BCUT2D eigenvalue weighted by Gasteiger charge is 2.19. The minimum absolute atomic E-state index is 0.731. The molecule has 100 valence electrons. The fraction of sp³-hybridized carbons (Fsp3) is 0.467. The lowest BCUT2D eigenvalue weighted by Crippen LogP contribution is -2.19. The minimum Gasteiger partial charge on any atom is -0.399 e. The van der Waals surface area contributed by atoms with Crippen LogP contribution in [0.25, 0.3) is 0 Å². The fourth-order valence-corrected chi connectivity index (χ4v) is 2.74. The summed E-state index contributed by atoms with van der Waals surface area (Å²) in [6.45, 7) is 3.34. The van der Waals surface area contributed by atoms with Gasteiger partial charge in [-0.05, 0) is 30.4 Å². The first-order valence-corrected chi connectivity index (χ1v) is 6.98. The van der Waals surface area contributed by atoms with Crippen molar-refractivity contribution in [3.8, 4) is 0 Å². The summed E-state index contributed by atoms with van der Waals surface area (Å²) in [6, 6.07) is 8.05. The molecule has 2 N–H and O–H groups in total. The Morgan fingerprint density at radius 1 is 1.26 bits per heavy atom. The van der Waals surface area contributed by atoms with E-state index in [2.05, 4.69) is 27.8 Å². The van der Waals surface area contributed by atoms with E-state index in [-0.39, 0.29) is 0 Å². The first-order valence-electron chi connectivity index (χ1n) is 6.98. The molecule has 3 rings (SSSR count). The molecule has 1 aliphatic rings. The number of fused-ring (bicyclic) bond motifs is 1. The summed E-state index contributed by atoms with van der Waals surface area (Å²) in [5.74, 6) is 2.98. The number of nitrogens with zero attached hydrogens (tertiary/aromatic N) is 3. The van der Waals surface area contributed by atoms with Crippen LogP contribution in [-0.2, 0) is 25.8 Å². The normalized spacial score (nSPS) is 18.3. The van der Waals surface area contributed by atoms with Gasteiger partial charge in [-0.2, -0.15) is 0 Å². The second-order valence-corrected chi connectivity index (χ2v) is 5.48. The molecular formula is C15H20N4. The maximum absolute atomic E-state index is 5.97. The van der Waals surface area contributed by atoms with Crippen LogP contribution in [0.15, 0.2) is 24.3 Å². The number of aryl methyl sites for hydroxylation is 2. The smallest absolute Gasteiger partial charge is 0.133 e. The number of hydrogen-bond donors (Lipinski definition) is 1. The zero-order valence-corrected chi connectivity index (χ0v) is 11.3. The zero-order valence-electron chi connectivity index (χ0n) is 11.3. The Kier molecular flexibility index (Phi) is 3.23. The molecule has 1 aromatic heterocycles. The van der Waals surface area contributed by atoms with E-state index in [9.17, 15) is 0 Å². The summed E-state index contributed by atoms with van der Waals surface area (Å²) >= 11 is 0. The van der Waals surface area contributed by atoms with Crippen LogP contribution < -0.4 is 5.73 Å². The summed E-state index contributed by atoms with van der Waals surface area (Å²) in [7, 11) is 0. The molecule has 1 atom stereocenters. The predicted molar refractivity (Wildman–Crippen MR) is 75.8 cm³/mol. The van der Waals surface area contributed by atoms with Gasteiger partial charge in [0.1, 0.15) is 11.6 Å². The van der Waals surface area contributed by atoms with Crippen LogP contribution in [0.3, 0.4) is 0 Å². The summed E-state index contributed by atoms with van der Waals surface area (Å²) < 4.78 is 2.29. The van der Waals surface area contributed by atoms with Gasteiger partial charge in [0.05, 0.1) is 0 Å². The number of hydrogen-bond acceptors (Lipinski definition) is 3. The molecule has 0 spiro atoms. The molecule has 4 nitrogen and oxygen atoms in total. The van der Waals surface area contributed by atoms with E-state index in [4.69, 9.17) is 5.73 Å². The van der Waals surface area contributed by atoms with Crippen LogP contribution in [0.5, 0.6) is 0 Å². The third-order valence-electron chi connectivity index (χ3n) is 3.95. The van der Waals surface area contributed by atoms with E-state index >= 15 is 0 Å². The molecule has 0 fully saturated rings. The fourth-order valence-electron chi connectivity index (χ4n) is 2.74. The number of rotatable bonds is 3. The molecule has 19 heavy (non-hydrogen) atoms. The van der Waals surface area contributed by atoms with Crippen molar-refractivity contribution < 1.29 is 0 Å². The highest BCUT2D eigenvalue weighted by molar-refractivity contribution is 5.46. The van der Waals surface area contributed by atoms with Gasteiger partial charge in [0.2, 0.25) is 0 Å². The third kappa shape index (κ3) is 2.48. The standard InChI is InChI=1S/C15H20N4/c1-11-8-9-19-14(17-18-15(19)10-11)7-6-12-4-2-3-5-13(12)16/h2-5,11H,6-10,16H2,1H3. The Hall–Kier alpha value is -1.84. The van der Waals surface area contributed by atoms with Crippen molar-refractivity contribution in [2.45, 2.75) is 39.2 Å². The molecule has 2 aromatic rings. The molecule has 0 aliphatic carbocycles. The van der Waals surface area contributed by atoms with Crippen LogP contribution in [0, 0.1) is 5.92 Å². The summed E-state index contributed by atoms with van der Waals surface area (Å²) in [4.78, 5) is 0. The number of anilines is 1. The van der Waals surface area contributed by atoms with Crippen LogP contribution in [0.1, 0.15) is 30.6 Å². The first-order chi connectivity index (χ1) is 9.24. The summed E-state index contributed by atoms with van der Waals surface area (Å²) in [5, 5.41) is 8.67. The van der Waals surface area contributed by atoms with Crippen LogP contribution in [-0.4, -0.2) is 14.8 Å². The van der Waals surface area contributed by atoms with Gasteiger partial charge in [0, 0.05) is 25.1 Å². The Bertz CT molecular complexity index is 573. The summed E-state index contributed by atoms with van der Waals surface area (Å²) in [6.07, 6.45) is 4.13. The molecule has 1 aliphatic heterocycles. The van der Waals surface area contributed by atoms with Crippen molar-refractivity contribution in [2.24, 2.45) is 5.92 Å². The number of aromatic nitrogens is 3. The van der Waals surface area contributed by atoms with Gasteiger partial charge in [-0.3, -0.25) is 0 Å². The SMILES string of the molecule is CC1CCn2c(CCc3ccccc3N)nnc2C1. The number of nitrogens with two attached hydrogens (primary N) is 1. The average Bonchev–Trinajstić information content (AvgIpc) is 2.80. The van der Waals surface area contributed by atoms with Crippen molar-refractivity contribution in [2.75, 3.05) is 5.73 Å². The number of benzene rings is 1. The maximum Gasteiger partial charge on any atom is 0.133 e. The quantitative estimate of drug-likeness (QED) is 0.857. The van der Waals surface area contributed by atoms with Crippen molar-refractivity contribution in [1.29, 1.82) is 0 Å². The third-order valence-corrected chi connectivity index (χ3v) is 3.95. The molecule has 0 amide bonds. The second kappa shape index (κ2) is 5.03. The number of nitrogen functional groups attached to an aromatic ring is 1. The molecule has 2 heterocycles. The van der Waals surface area contributed by atoms with Gasteiger partial charge in [0.25, 0.3) is 0 Å². The van der Waals surface area contributed by atoms with Gasteiger partial charge in [-0.15, -0.1) is 10.2 Å². The van der Waals surface area contributed by atoms with Gasteiger partial charge in [0.15, 0.2) is 0 Å².